The van der Waals surface area contributed by atoms with Gasteiger partial charge in [0.05, 0.1) is 33.6 Å². The molecule has 2 aromatic carbocycles. The van der Waals surface area contributed by atoms with E-state index in [4.69, 9.17) is 35.4 Å². The molecule has 2 aliphatic rings. The summed E-state index contributed by atoms with van der Waals surface area (Å²) in [5.41, 5.74) is 1.65. The molecule has 0 amide bonds. The van der Waals surface area contributed by atoms with E-state index in [0.717, 1.165) is 11.4 Å². The second-order valence-electron chi connectivity index (χ2n) is 6.17. The SMILES string of the molecule is O=S1(=O)C[C@H]2[C@H](C1)N(c1ccc(Cl)c(Cl)c1)C(=S)N2c1ccccc1. The number of benzene rings is 2. The molecule has 2 fully saturated rings. The van der Waals surface area contributed by atoms with Crippen LogP contribution in [0.4, 0.5) is 11.4 Å². The van der Waals surface area contributed by atoms with E-state index < -0.39 is 9.84 Å². The van der Waals surface area contributed by atoms with E-state index in [0.29, 0.717) is 15.2 Å². The predicted molar refractivity (Wildman–Crippen MR) is 107 cm³/mol. The van der Waals surface area contributed by atoms with E-state index in [-0.39, 0.29) is 23.6 Å². The molecule has 0 spiro atoms. The molecule has 2 heterocycles. The van der Waals surface area contributed by atoms with Crippen molar-refractivity contribution >= 4 is 61.7 Å². The Bertz CT molecular complexity index is 950. The van der Waals surface area contributed by atoms with Crippen LogP contribution in [0.3, 0.4) is 0 Å². The fraction of sp³-hybridized carbons (Fsp3) is 0.235. The summed E-state index contributed by atoms with van der Waals surface area (Å²) < 4.78 is 24.6. The lowest BCUT2D eigenvalue weighted by Gasteiger charge is -2.26. The van der Waals surface area contributed by atoms with Crippen LogP contribution in [0.15, 0.2) is 48.5 Å². The number of sulfone groups is 1. The third-order valence-corrected chi connectivity index (χ3v) is 7.42. The summed E-state index contributed by atoms with van der Waals surface area (Å²) in [6, 6.07) is 14.4. The van der Waals surface area contributed by atoms with Crippen LogP contribution in [0.25, 0.3) is 0 Å². The summed E-state index contributed by atoms with van der Waals surface area (Å²) in [5.74, 6) is 0.159. The lowest BCUT2D eigenvalue weighted by molar-refractivity contribution is 0.601. The minimum Gasteiger partial charge on any atom is -0.312 e. The van der Waals surface area contributed by atoms with Crippen molar-refractivity contribution in [2.24, 2.45) is 0 Å². The molecule has 0 aromatic heterocycles. The number of hydrogen-bond donors (Lipinski definition) is 0. The van der Waals surface area contributed by atoms with E-state index in [1.54, 1.807) is 12.1 Å². The summed E-state index contributed by atoms with van der Waals surface area (Å²) in [5, 5.41) is 1.44. The van der Waals surface area contributed by atoms with Gasteiger partial charge in [-0.3, -0.25) is 0 Å². The number of nitrogens with zero attached hydrogens (tertiary/aromatic N) is 2. The van der Waals surface area contributed by atoms with Crippen molar-refractivity contribution in [1.82, 2.24) is 0 Å². The molecule has 25 heavy (non-hydrogen) atoms. The minimum absolute atomic E-state index is 0.0708. The smallest absolute Gasteiger partial charge is 0.181 e. The van der Waals surface area contributed by atoms with Gasteiger partial charge in [0.15, 0.2) is 14.9 Å². The fourth-order valence-corrected chi connectivity index (χ4v) is 6.22. The van der Waals surface area contributed by atoms with Gasteiger partial charge in [-0.1, -0.05) is 41.4 Å². The maximum absolute atomic E-state index is 12.3. The number of anilines is 2. The Morgan fingerprint density at radius 1 is 0.880 bits per heavy atom. The van der Waals surface area contributed by atoms with Gasteiger partial charge in [0.25, 0.3) is 0 Å². The molecule has 2 aromatic rings. The van der Waals surface area contributed by atoms with E-state index in [2.05, 4.69) is 0 Å². The Balaban J connectivity index is 1.82. The van der Waals surface area contributed by atoms with Crippen molar-refractivity contribution in [3.8, 4) is 0 Å². The number of halogens is 2. The second-order valence-corrected chi connectivity index (χ2v) is 9.50. The highest BCUT2D eigenvalue weighted by molar-refractivity contribution is 7.91. The molecule has 0 N–H and O–H groups in total. The van der Waals surface area contributed by atoms with Crippen LogP contribution in [-0.2, 0) is 9.84 Å². The molecule has 2 saturated heterocycles. The minimum atomic E-state index is -3.13. The van der Waals surface area contributed by atoms with E-state index >= 15 is 0 Å². The monoisotopic (exact) mass is 412 g/mol. The van der Waals surface area contributed by atoms with Crippen LogP contribution in [0, 0.1) is 0 Å². The summed E-state index contributed by atoms with van der Waals surface area (Å²) in [4.78, 5) is 3.83. The number of rotatable bonds is 2. The number of hydrogen-bond acceptors (Lipinski definition) is 3. The summed E-state index contributed by atoms with van der Waals surface area (Å²) in [7, 11) is -3.13. The Morgan fingerprint density at radius 2 is 1.48 bits per heavy atom. The molecule has 0 radical (unpaired) electrons. The molecule has 0 bridgehead atoms. The topological polar surface area (TPSA) is 40.6 Å². The first-order chi connectivity index (χ1) is 11.9. The van der Waals surface area contributed by atoms with Crippen molar-refractivity contribution < 1.29 is 8.42 Å². The average Bonchev–Trinajstić information content (AvgIpc) is 3.00. The Hall–Kier alpha value is -1.34. The fourth-order valence-electron chi connectivity index (χ4n) is 3.53. The molecule has 4 rings (SSSR count). The van der Waals surface area contributed by atoms with Crippen LogP contribution in [0.5, 0.6) is 0 Å². The van der Waals surface area contributed by atoms with Crippen LogP contribution in [-0.4, -0.2) is 37.1 Å². The van der Waals surface area contributed by atoms with Crippen LogP contribution < -0.4 is 9.80 Å². The first-order valence-electron chi connectivity index (χ1n) is 7.70. The van der Waals surface area contributed by atoms with E-state index in [1.165, 1.54) is 0 Å². The van der Waals surface area contributed by atoms with Crippen LogP contribution in [0.2, 0.25) is 10.0 Å². The first kappa shape index (κ1) is 17.1. The molecule has 8 heteroatoms. The standard InChI is InChI=1S/C17H14Cl2N2O2S2/c18-13-7-6-12(8-14(13)19)21-16-10-25(22,23)9-15(16)20(17(21)24)11-4-2-1-3-5-11/h1-8,15-16H,9-10H2/t15-,16-/m0/s1. The quantitative estimate of drug-likeness (QED) is 0.702. The van der Waals surface area contributed by atoms with Crippen molar-refractivity contribution in [2.75, 3.05) is 21.3 Å². The van der Waals surface area contributed by atoms with Gasteiger partial charge in [-0.05, 0) is 42.5 Å². The molecule has 130 valence electrons. The highest BCUT2D eigenvalue weighted by Gasteiger charge is 2.52. The van der Waals surface area contributed by atoms with Crippen LogP contribution >= 0.6 is 35.4 Å². The number of para-hydroxylation sites is 1. The third-order valence-electron chi connectivity index (χ3n) is 4.58. The van der Waals surface area contributed by atoms with Gasteiger partial charge < -0.3 is 9.80 Å². The third kappa shape index (κ3) is 2.91. The summed E-state index contributed by atoms with van der Waals surface area (Å²) in [6.07, 6.45) is 0. The van der Waals surface area contributed by atoms with Gasteiger partial charge in [0.2, 0.25) is 0 Å². The van der Waals surface area contributed by atoms with E-state index in [9.17, 15) is 8.42 Å². The van der Waals surface area contributed by atoms with Crippen molar-refractivity contribution in [1.29, 1.82) is 0 Å². The summed E-state index contributed by atoms with van der Waals surface area (Å²) >= 11 is 17.9. The normalized spacial score (nSPS) is 24.6. The van der Waals surface area contributed by atoms with Crippen molar-refractivity contribution in [3.63, 3.8) is 0 Å². The van der Waals surface area contributed by atoms with Gasteiger partial charge in [-0.15, -0.1) is 0 Å². The second kappa shape index (κ2) is 6.13. The number of thiocarbonyl (C=S) groups is 1. The van der Waals surface area contributed by atoms with Gasteiger partial charge >= 0.3 is 0 Å². The highest BCUT2D eigenvalue weighted by Crippen LogP contribution is 2.39. The average molecular weight is 413 g/mol. The van der Waals surface area contributed by atoms with Crippen molar-refractivity contribution in [2.45, 2.75) is 12.1 Å². The lowest BCUT2D eigenvalue weighted by atomic mass is 10.1. The molecule has 0 aliphatic carbocycles. The number of fused-ring (bicyclic) bond motifs is 1. The maximum Gasteiger partial charge on any atom is 0.181 e. The molecular formula is C17H14Cl2N2O2S2. The molecule has 0 saturated carbocycles. The Morgan fingerprint density at radius 3 is 2.08 bits per heavy atom. The Labute approximate surface area is 161 Å². The first-order valence-corrected chi connectivity index (χ1v) is 10.7. The molecule has 2 atom stereocenters. The highest BCUT2D eigenvalue weighted by atomic mass is 35.5. The molecule has 4 nitrogen and oxygen atoms in total. The predicted octanol–water partition coefficient (Wildman–Crippen LogP) is 3.77. The van der Waals surface area contributed by atoms with Gasteiger partial charge in [0, 0.05) is 11.4 Å². The molecule has 2 aliphatic heterocycles. The van der Waals surface area contributed by atoms with Crippen LogP contribution in [0.1, 0.15) is 0 Å². The maximum atomic E-state index is 12.3. The zero-order chi connectivity index (χ0) is 17.8. The summed E-state index contributed by atoms with van der Waals surface area (Å²) in [6.45, 7) is 0. The Kier molecular flexibility index (Phi) is 4.19. The molecular weight excluding hydrogens is 399 g/mol. The molecule has 0 unspecified atom stereocenters. The van der Waals surface area contributed by atoms with Gasteiger partial charge in [-0.25, -0.2) is 8.42 Å². The zero-order valence-electron chi connectivity index (χ0n) is 13.0. The largest absolute Gasteiger partial charge is 0.312 e. The zero-order valence-corrected chi connectivity index (χ0v) is 16.1. The lowest BCUT2D eigenvalue weighted by Crippen LogP contribution is -2.37. The van der Waals surface area contributed by atoms with Gasteiger partial charge in [0.1, 0.15) is 0 Å². The van der Waals surface area contributed by atoms with Gasteiger partial charge in [-0.2, -0.15) is 0 Å². The van der Waals surface area contributed by atoms with E-state index in [1.807, 2.05) is 46.2 Å². The van der Waals surface area contributed by atoms with Crippen molar-refractivity contribution in [3.05, 3.63) is 58.6 Å².